The standard InChI is InChI=1S/C12H11F3O4/c13-12(14,15)7-17-6-9(16)8-1-2-10-11(5-8)19-4-3-18-10/h1-2,5H,3-4,6-7H2. The molecule has 1 aromatic carbocycles. The van der Waals surface area contributed by atoms with Gasteiger partial charge < -0.3 is 14.2 Å². The molecule has 7 heteroatoms. The van der Waals surface area contributed by atoms with Crippen LogP contribution in [0.1, 0.15) is 10.4 Å². The summed E-state index contributed by atoms with van der Waals surface area (Å²) in [6.07, 6.45) is -4.44. The Morgan fingerprint density at radius 3 is 2.58 bits per heavy atom. The second kappa shape index (κ2) is 5.48. The Labute approximate surface area is 107 Å². The number of alkyl halides is 3. The van der Waals surface area contributed by atoms with Crippen molar-refractivity contribution >= 4 is 5.78 Å². The van der Waals surface area contributed by atoms with Gasteiger partial charge in [-0.3, -0.25) is 4.79 Å². The highest BCUT2D eigenvalue weighted by molar-refractivity contribution is 5.97. The third kappa shape index (κ3) is 3.85. The first-order chi connectivity index (χ1) is 8.96. The van der Waals surface area contributed by atoms with E-state index in [-0.39, 0.29) is 5.56 Å². The van der Waals surface area contributed by atoms with Gasteiger partial charge in [0.1, 0.15) is 26.4 Å². The first-order valence-electron chi connectivity index (χ1n) is 5.53. The van der Waals surface area contributed by atoms with Crippen molar-refractivity contribution in [3.05, 3.63) is 23.8 Å². The Morgan fingerprint density at radius 1 is 1.21 bits per heavy atom. The summed E-state index contributed by atoms with van der Waals surface area (Å²) < 4.78 is 50.4. The zero-order valence-electron chi connectivity index (χ0n) is 9.83. The first-order valence-corrected chi connectivity index (χ1v) is 5.53. The van der Waals surface area contributed by atoms with E-state index in [4.69, 9.17) is 9.47 Å². The van der Waals surface area contributed by atoms with Crippen molar-refractivity contribution in [1.29, 1.82) is 0 Å². The minimum absolute atomic E-state index is 0.228. The van der Waals surface area contributed by atoms with Crippen LogP contribution in [-0.2, 0) is 4.74 Å². The number of carbonyl (C=O) groups is 1. The molecule has 0 fully saturated rings. The number of fused-ring (bicyclic) bond motifs is 1. The minimum Gasteiger partial charge on any atom is -0.486 e. The number of benzene rings is 1. The molecule has 0 amide bonds. The number of hydrogen-bond donors (Lipinski definition) is 0. The van der Waals surface area contributed by atoms with Crippen LogP contribution in [0.25, 0.3) is 0 Å². The van der Waals surface area contributed by atoms with Crippen molar-refractivity contribution in [3.63, 3.8) is 0 Å². The van der Waals surface area contributed by atoms with E-state index in [2.05, 4.69) is 4.74 Å². The van der Waals surface area contributed by atoms with Crippen LogP contribution in [0.2, 0.25) is 0 Å². The summed E-state index contributed by atoms with van der Waals surface area (Å²) in [7, 11) is 0. The maximum atomic E-state index is 11.9. The number of halogens is 3. The molecule has 0 bridgehead atoms. The van der Waals surface area contributed by atoms with Crippen LogP contribution in [0.3, 0.4) is 0 Å². The predicted octanol–water partition coefficient (Wildman–Crippen LogP) is 2.22. The average Bonchev–Trinajstić information content (AvgIpc) is 2.36. The molecule has 104 valence electrons. The van der Waals surface area contributed by atoms with Crippen molar-refractivity contribution in [2.75, 3.05) is 26.4 Å². The van der Waals surface area contributed by atoms with Crippen molar-refractivity contribution < 1.29 is 32.2 Å². The van der Waals surface area contributed by atoms with E-state index in [0.717, 1.165) is 0 Å². The number of Topliss-reactive ketones (excluding diaryl/α,β-unsaturated/α-hetero) is 1. The third-order valence-electron chi connectivity index (χ3n) is 2.36. The monoisotopic (exact) mass is 276 g/mol. The van der Waals surface area contributed by atoms with Gasteiger partial charge in [-0.2, -0.15) is 13.2 Å². The van der Waals surface area contributed by atoms with Crippen LogP contribution < -0.4 is 9.47 Å². The molecule has 0 atom stereocenters. The second-order valence-corrected chi connectivity index (χ2v) is 3.89. The van der Waals surface area contributed by atoms with Crippen LogP contribution in [-0.4, -0.2) is 38.4 Å². The van der Waals surface area contributed by atoms with Crippen LogP contribution in [0.5, 0.6) is 11.5 Å². The molecule has 4 nitrogen and oxygen atoms in total. The van der Waals surface area contributed by atoms with E-state index in [1.165, 1.54) is 12.1 Å². The summed E-state index contributed by atoms with van der Waals surface area (Å²) in [5, 5.41) is 0. The summed E-state index contributed by atoms with van der Waals surface area (Å²) in [5.41, 5.74) is 0.228. The molecule has 1 heterocycles. The Kier molecular flexibility index (Phi) is 3.94. The van der Waals surface area contributed by atoms with Crippen LogP contribution >= 0.6 is 0 Å². The quantitative estimate of drug-likeness (QED) is 0.791. The van der Waals surface area contributed by atoms with Crippen LogP contribution in [0, 0.1) is 0 Å². The maximum absolute atomic E-state index is 11.9. The van der Waals surface area contributed by atoms with Gasteiger partial charge in [0.15, 0.2) is 17.3 Å². The number of ether oxygens (including phenoxy) is 3. The molecule has 19 heavy (non-hydrogen) atoms. The number of carbonyl (C=O) groups excluding carboxylic acids is 1. The van der Waals surface area contributed by atoms with Gasteiger partial charge in [-0.05, 0) is 18.2 Å². The summed E-state index contributed by atoms with van der Waals surface area (Å²) in [6, 6.07) is 4.45. The molecule has 1 aromatic rings. The van der Waals surface area contributed by atoms with Crippen molar-refractivity contribution in [2.45, 2.75) is 6.18 Å². The van der Waals surface area contributed by atoms with Gasteiger partial charge in [-0.1, -0.05) is 0 Å². The van der Waals surface area contributed by atoms with Gasteiger partial charge in [0.25, 0.3) is 0 Å². The first kappa shape index (κ1) is 13.7. The van der Waals surface area contributed by atoms with Gasteiger partial charge in [-0.25, -0.2) is 0 Å². The largest absolute Gasteiger partial charge is 0.486 e. The van der Waals surface area contributed by atoms with Crippen molar-refractivity contribution in [1.82, 2.24) is 0 Å². The molecule has 2 rings (SSSR count). The maximum Gasteiger partial charge on any atom is 0.411 e. The van der Waals surface area contributed by atoms with Crippen LogP contribution in [0.4, 0.5) is 13.2 Å². The third-order valence-corrected chi connectivity index (χ3v) is 2.36. The lowest BCUT2D eigenvalue weighted by Gasteiger charge is -2.18. The van der Waals surface area contributed by atoms with E-state index in [1.54, 1.807) is 6.07 Å². The Hall–Kier alpha value is -1.76. The summed E-state index contributed by atoms with van der Waals surface area (Å²) >= 11 is 0. The highest BCUT2D eigenvalue weighted by Crippen LogP contribution is 2.30. The number of ketones is 1. The minimum atomic E-state index is -4.44. The fourth-order valence-corrected chi connectivity index (χ4v) is 1.56. The SMILES string of the molecule is O=C(COCC(F)(F)F)c1ccc2c(c1)OCCO2. The van der Waals surface area contributed by atoms with Gasteiger partial charge in [-0.15, -0.1) is 0 Å². The number of hydrogen-bond acceptors (Lipinski definition) is 4. The lowest BCUT2D eigenvalue weighted by atomic mass is 10.1. The fourth-order valence-electron chi connectivity index (χ4n) is 1.56. The van der Waals surface area contributed by atoms with E-state index in [1.807, 2.05) is 0 Å². The van der Waals surface area contributed by atoms with Gasteiger partial charge in [0.05, 0.1) is 0 Å². The van der Waals surface area contributed by atoms with Crippen molar-refractivity contribution in [3.8, 4) is 11.5 Å². The summed E-state index contributed by atoms with van der Waals surface area (Å²) in [4.78, 5) is 11.6. The Morgan fingerprint density at radius 2 is 1.89 bits per heavy atom. The highest BCUT2D eigenvalue weighted by Gasteiger charge is 2.28. The van der Waals surface area contributed by atoms with Gasteiger partial charge in [0.2, 0.25) is 0 Å². The summed E-state index contributed by atoms with van der Waals surface area (Å²) in [5.74, 6) is 0.383. The van der Waals surface area contributed by atoms with E-state index < -0.39 is 25.2 Å². The molecule has 0 saturated heterocycles. The molecular formula is C12H11F3O4. The highest BCUT2D eigenvalue weighted by atomic mass is 19.4. The average molecular weight is 276 g/mol. The van der Waals surface area contributed by atoms with Crippen LogP contribution in [0.15, 0.2) is 18.2 Å². The summed E-state index contributed by atoms with van der Waals surface area (Å²) in [6.45, 7) is -1.27. The molecule has 0 spiro atoms. The smallest absolute Gasteiger partial charge is 0.411 e. The topological polar surface area (TPSA) is 44.8 Å². The lowest BCUT2D eigenvalue weighted by molar-refractivity contribution is -0.170. The predicted molar refractivity (Wildman–Crippen MR) is 58.6 cm³/mol. The Bertz CT molecular complexity index is 471. The van der Waals surface area contributed by atoms with E-state index >= 15 is 0 Å². The normalized spacial score (nSPS) is 14.3. The number of rotatable bonds is 4. The second-order valence-electron chi connectivity index (χ2n) is 3.89. The molecular weight excluding hydrogens is 265 g/mol. The molecule has 0 radical (unpaired) electrons. The molecule has 0 aromatic heterocycles. The van der Waals surface area contributed by atoms with Gasteiger partial charge >= 0.3 is 6.18 Å². The zero-order chi connectivity index (χ0) is 13.9. The lowest BCUT2D eigenvalue weighted by Crippen LogP contribution is -2.21. The fraction of sp³-hybridized carbons (Fsp3) is 0.417. The molecule has 0 unspecified atom stereocenters. The van der Waals surface area contributed by atoms with Crippen molar-refractivity contribution in [2.24, 2.45) is 0 Å². The Balaban J connectivity index is 1.96. The van der Waals surface area contributed by atoms with Gasteiger partial charge in [0, 0.05) is 5.56 Å². The van der Waals surface area contributed by atoms with E-state index in [9.17, 15) is 18.0 Å². The molecule has 0 saturated carbocycles. The molecule has 1 aliphatic heterocycles. The molecule has 0 N–H and O–H groups in total. The van der Waals surface area contributed by atoms with E-state index in [0.29, 0.717) is 24.7 Å². The molecule has 1 aliphatic rings. The molecule has 0 aliphatic carbocycles. The zero-order valence-corrected chi connectivity index (χ0v) is 9.83.